The van der Waals surface area contributed by atoms with E-state index < -0.39 is 11.4 Å². The Labute approximate surface area is 132 Å². The Bertz CT molecular complexity index is 547. The summed E-state index contributed by atoms with van der Waals surface area (Å²) in [5, 5.41) is 12.1. The van der Waals surface area contributed by atoms with Crippen LogP contribution >= 0.6 is 22.9 Å². The standard InChI is InChI=1S/C15H18ClNO3S/c16-12-6-4-11(21-12)5-7-13(18)17-10-15(14(19)20)8-2-1-3-9-15/h4-7H,1-3,8-10H2,(H,17,18)(H,19,20)/b7-5+. The van der Waals surface area contributed by atoms with Crippen LogP contribution in [0.4, 0.5) is 0 Å². The number of carbonyl (C=O) groups excluding carboxylic acids is 1. The van der Waals surface area contributed by atoms with E-state index in [1.54, 1.807) is 12.1 Å². The van der Waals surface area contributed by atoms with E-state index in [-0.39, 0.29) is 12.5 Å². The Morgan fingerprint density at radius 3 is 2.62 bits per heavy atom. The second-order valence-corrected chi connectivity index (χ2v) is 7.09. The van der Waals surface area contributed by atoms with Crippen LogP contribution in [0.3, 0.4) is 0 Å². The van der Waals surface area contributed by atoms with Crippen molar-refractivity contribution < 1.29 is 14.7 Å². The monoisotopic (exact) mass is 327 g/mol. The maximum atomic E-state index is 11.8. The molecule has 1 fully saturated rings. The molecule has 1 aliphatic rings. The topological polar surface area (TPSA) is 66.4 Å². The first kappa shape index (κ1) is 16.0. The minimum absolute atomic E-state index is 0.191. The highest BCUT2D eigenvalue weighted by atomic mass is 35.5. The summed E-state index contributed by atoms with van der Waals surface area (Å²) in [7, 11) is 0. The van der Waals surface area contributed by atoms with Crippen LogP contribution in [0.15, 0.2) is 18.2 Å². The van der Waals surface area contributed by atoms with Gasteiger partial charge in [-0.1, -0.05) is 30.9 Å². The average molecular weight is 328 g/mol. The van der Waals surface area contributed by atoms with E-state index >= 15 is 0 Å². The molecule has 1 aliphatic carbocycles. The molecule has 0 aromatic carbocycles. The molecule has 1 aromatic heterocycles. The summed E-state index contributed by atoms with van der Waals surface area (Å²) >= 11 is 7.19. The number of carbonyl (C=O) groups is 2. The largest absolute Gasteiger partial charge is 0.481 e. The lowest BCUT2D eigenvalue weighted by Gasteiger charge is -2.33. The van der Waals surface area contributed by atoms with Gasteiger partial charge in [-0.05, 0) is 31.1 Å². The molecule has 21 heavy (non-hydrogen) atoms. The predicted molar refractivity (Wildman–Crippen MR) is 84.5 cm³/mol. The highest BCUT2D eigenvalue weighted by molar-refractivity contribution is 7.17. The van der Waals surface area contributed by atoms with E-state index in [2.05, 4.69) is 5.32 Å². The Hall–Kier alpha value is -1.33. The van der Waals surface area contributed by atoms with Crippen LogP contribution in [-0.2, 0) is 9.59 Å². The smallest absolute Gasteiger partial charge is 0.311 e. The molecule has 2 N–H and O–H groups in total. The number of hydrogen-bond acceptors (Lipinski definition) is 3. The molecule has 0 unspecified atom stereocenters. The van der Waals surface area contributed by atoms with Crippen molar-refractivity contribution in [2.45, 2.75) is 32.1 Å². The molecule has 1 saturated carbocycles. The molecule has 1 heterocycles. The van der Waals surface area contributed by atoms with Crippen molar-refractivity contribution in [1.29, 1.82) is 0 Å². The molecule has 0 bridgehead atoms. The van der Waals surface area contributed by atoms with Gasteiger partial charge in [0, 0.05) is 17.5 Å². The zero-order valence-electron chi connectivity index (χ0n) is 11.6. The first-order chi connectivity index (χ1) is 10.0. The molecule has 1 amide bonds. The Morgan fingerprint density at radius 2 is 2.05 bits per heavy atom. The zero-order chi connectivity index (χ0) is 15.3. The number of halogens is 1. The summed E-state index contributed by atoms with van der Waals surface area (Å²) < 4.78 is 0.669. The van der Waals surface area contributed by atoms with Crippen LogP contribution in [0.25, 0.3) is 6.08 Å². The maximum absolute atomic E-state index is 11.8. The lowest BCUT2D eigenvalue weighted by atomic mass is 9.74. The number of nitrogens with one attached hydrogen (secondary N) is 1. The number of carboxylic acids is 1. The molecule has 0 radical (unpaired) electrons. The van der Waals surface area contributed by atoms with Crippen molar-refractivity contribution in [2.24, 2.45) is 5.41 Å². The number of rotatable bonds is 5. The first-order valence-corrected chi connectivity index (χ1v) is 8.16. The number of amides is 1. The summed E-state index contributed by atoms with van der Waals surface area (Å²) in [5.41, 5.74) is -0.798. The van der Waals surface area contributed by atoms with Crippen molar-refractivity contribution in [2.75, 3.05) is 6.54 Å². The van der Waals surface area contributed by atoms with Crippen LogP contribution < -0.4 is 5.32 Å². The highest BCUT2D eigenvalue weighted by Crippen LogP contribution is 2.36. The van der Waals surface area contributed by atoms with Gasteiger partial charge in [0.2, 0.25) is 5.91 Å². The molecular weight excluding hydrogens is 310 g/mol. The van der Waals surface area contributed by atoms with Crippen molar-refractivity contribution in [3.05, 3.63) is 27.4 Å². The lowest BCUT2D eigenvalue weighted by Crippen LogP contribution is -2.44. The van der Waals surface area contributed by atoms with E-state index in [4.69, 9.17) is 11.6 Å². The van der Waals surface area contributed by atoms with Crippen LogP contribution in [0.5, 0.6) is 0 Å². The van der Waals surface area contributed by atoms with E-state index in [1.165, 1.54) is 17.4 Å². The van der Waals surface area contributed by atoms with E-state index in [9.17, 15) is 14.7 Å². The fourth-order valence-corrected chi connectivity index (χ4v) is 3.55. The number of aliphatic carboxylic acids is 1. The second kappa shape index (κ2) is 7.09. The average Bonchev–Trinajstić information content (AvgIpc) is 2.89. The minimum Gasteiger partial charge on any atom is -0.481 e. The van der Waals surface area contributed by atoms with Gasteiger partial charge in [0.15, 0.2) is 0 Å². The first-order valence-electron chi connectivity index (χ1n) is 6.96. The molecule has 6 heteroatoms. The molecular formula is C15H18ClNO3S. The number of carboxylic acid groups (broad SMARTS) is 1. The molecule has 0 atom stereocenters. The zero-order valence-corrected chi connectivity index (χ0v) is 13.2. The van der Waals surface area contributed by atoms with E-state index in [1.807, 2.05) is 6.07 Å². The van der Waals surface area contributed by atoms with Crippen LogP contribution in [0.1, 0.15) is 37.0 Å². The van der Waals surface area contributed by atoms with Crippen molar-refractivity contribution in [1.82, 2.24) is 5.32 Å². The maximum Gasteiger partial charge on any atom is 0.311 e. The highest BCUT2D eigenvalue weighted by Gasteiger charge is 2.39. The third-order valence-electron chi connectivity index (χ3n) is 3.86. The van der Waals surface area contributed by atoms with Gasteiger partial charge in [0.05, 0.1) is 9.75 Å². The minimum atomic E-state index is -0.809. The van der Waals surface area contributed by atoms with Gasteiger partial charge in [-0.2, -0.15) is 0 Å². The van der Waals surface area contributed by atoms with Gasteiger partial charge in [-0.15, -0.1) is 11.3 Å². The second-order valence-electron chi connectivity index (χ2n) is 5.34. The summed E-state index contributed by atoms with van der Waals surface area (Å²) in [6, 6.07) is 3.60. The molecule has 0 aliphatic heterocycles. The summed E-state index contributed by atoms with van der Waals surface area (Å²) in [4.78, 5) is 24.2. The fourth-order valence-electron chi connectivity index (χ4n) is 2.59. The van der Waals surface area contributed by atoms with Gasteiger partial charge >= 0.3 is 5.97 Å². The molecule has 2 rings (SSSR count). The summed E-state index contributed by atoms with van der Waals surface area (Å²) in [5.74, 6) is -1.08. The van der Waals surface area contributed by atoms with Crippen molar-refractivity contribution >= 4 is 40.9 Å². The summed E-state index contributed by atoms with van der Waals surface area (Å²) in [6.07, 6.45) is 7.25. The van der Waals surface area contributed by atoms with Gasteiger partial charge in [0.25, 0.3) is 0 Å². The Kier molecular flexibility index (Phi) is 5.42. The van der Waals surface area contributed by atoms with Crippen molar-refractivity contribution in [3.8, 4) is 0 Å². The van der Waals surface area contributed by atoms with Crippen LogP contribution in [-0.4, -0.2) is 23.5 Å². The molecule has 0 saturated heterocycles. The lowest BCUT2D eigenvalue weighted by molar-refractivity contribution is -0.150. The SMILES string of the molecule is O=C(/C=C/c1ccc(Cl)s1)NCC1(C(=O)O)CCCCC1. The molecule has 0 spiro atoms. The molecule has 114 valence electrons. The van der Waals surface area contributed by atoms with Gasteiger partial charge in [-0.3, -0.25) is 9.59 Å². The van der Waals surface area contributed by atoms with Crippen LogP contribution in [0.2, 0.25) is 4.34 Å². The van der Waals surface area contributed by atoms with E-state index in [0.29, 0.717) is 17.2 Å². The number of thiophene rings is 1. The predicted octanol–water partition coefficient (Wildman–Crippen LogP) is 3.57. The van der Waals surface area contributed by atoms with E-state index in [0.717, 1.165) is 24.1 Å². The van der Waals surface area contributed by atoms with Gasteiger partial charge in [0.1, 0.15) is 0 Å². The van der Waals surface area contributed by atoms with Gasteiger partial charge < -0.3 is 10.4 Å². The quantitative estimate of drug-likeness (QED) is 0.812. The summed E-state index contributed by atoms with van der Waals surface area (Å²) in [6.45, 7) is 0.191. The fraction of sp³-hybridized carbons (Fsp3) is 0.467. The normalized spacial score (nSPS) is 17.8. The Morgan fingerprint density at radius 1 is 1.33 bits per heavy atom. The van der Waals surface area contributed by atoms with Crippen LogP contribution in [0, 0.1) is 5.41 Å². The third kappa shape index (κ3) is 4.32. The van der Waals surface area contributed by atoms with Crippen molar-refractivity contribution in [3.63, 3.8) is 0 Å². The van der Waals surface area contributed by atoms with Gasteiger partial charge in [-0.25, -0.2) is 0 Å². The Balaban J connectivity index is 1.90. The third-order valence-corrected chi connectivity index (χ3v) is 5.05. The molecule has 4 nitrogen and oxygen atoms in total. The molecule has 1 aromatic rings. The number of hydrogen-bond donors (Lipinski definition) is 2.